The molecule has 1 heterocycles. The molecule has 3 aromatic rings. The van der Waals surface area contributed by atoms with Gasteiger partial charge in [0, 0.05) is 5.69 Å². The second kappa shape index (κ2) is 7.96. The van der Waals surface area contributed by atoms with E-state index in [1.165, 1.54) is 4.90 Å². The Morgan fingerprint density at radius 2 is 1.54 bits per heavy atom. The average Bonchev–Trinajstić information content (AvgIpc) is 2.75. The molecule has 0 aromatic heterocycles. The molecule has 0 N–H and O–H groups in total. The minimum atomic E-state index is -0.222. The number of anilines is 2. The molecule has 0 saturated heterocycles. The summed E-state index contributed by atoms with van der Waals surface area (Å²) in [6.45, 7) is 0.332. The van der Waals surface area contributed by atoms with Crippen LogP contribution in [0.1, 0.15) is 5.56 Å². The van der Waals surface area contributed by atoms with Crippen LogP contribution in [-0.2, 0) is 16.1 Å². The van der Waals surface area contributed by atoms with Crippen LogP contribution in [-0.4, -0.2) is 25.0 Å². The first-order valence-electron chi connectivity index (χ1n) is 9.14. The molecule has 140 valence electrons. The lowest BCUT2D eigenvalue weighted by Crippen LogP contribution is -2.46. The number of para-hydroxylation sites is 3. The zero-order valence-corrected chi connectivity index (χ0v) is 15.3. The van der Waals surface area contributed by atoms with Crippen molar-refractivity contribution in [1.82, 2.24) is 0 Å². The quantitative estimate of drug-likeness (QED) is 0.687. The molecule has 1 aliphatic heterocycles. The van der Waals surface area contributed by atoms with Gasteiger partial charge in [-0.25, -0.2) is 0 Å². The first kappa shape index (κ1) is 17.8. The largest absolute Gasteiger partial charge is 0.482 e. The van der Waals surface area contributed by atoms with E-state index in [2.05, 4.69) is 0 Å². The van der Waals surface area contributed by atoms with Crippen molar-refractivity contribution in [2.24, 2.45) is 0 Å². The highest BCUT2D eigenvalue weighted by atomic mass is 16.5. The van der Waals surface area contributed by atoms with Crippen molar-refractivity contribution in [3.8, 4) is 5.75 Å². The summed E-state index contributed by atoms with van der Waals surface area (Å²) in [7, 11) is 0. The summed E-state index contributed by atoms with van der Waals surface area (Å²) in [5.41, 5.74) is 2.44. The third-order valence-electron chi connectivity index (χ3n) is 4.65. The molecule has 0 bridgehead atoms. The second-order valence-corrected chi connectivity index (χ2v) is 6.54. The monoisotopic (exact) mass is 372 g/mol. The summed E-state index contributed by atoms with van der Waals surface area (Å²) in [6.07, 6.45) is 0. The van der Waals surface area contributed by atoms with Crippen LogP contribution in [0, 0.1) is 0 Å². The van der Waals surface area contributed by atoms with Gasteiger partial charge in [0.05, 0.1) is 12.2 Å². The van der Waals surface area contributed by atoms with Gasteiger partial charge >= 0.3 is 0 Å². The molecule has 0 unspecified atom stereocenters. The van der Waals surface area contributed by atoms with Gasteiger partial charge in [0.25, 0.3) is 5.91 Å². The summed E-state index contributed by atoms with van der Waals surface area (Å²) in [4.78, 5) is 28.9. The molecule has 5 heteroatoms. The topological polar surface area (TPSA) is 49.9 Å². The van der Waals surface area contributed by atoms with Gasteiger partial charge in [-0.05, 0) is 29.8 Å². The van der Waals surface area contributed by atoms with Crippen LogP contribution in [0.2, 0.25) is 0 Å². The number of benzene rings is 3. The lowest BCUT2D eigenvalue weighted by Gasteiger charge is -2.31. The van der Waals surface area contributed by atoms with Crippen LogP contribution in [0.3, 0.4) is 0 Å². The highest BCUT2D eigenvalue weighted by Gasteiger charge is 2.29. The van der Waals surface area contributed by atoms with Gasteiger partial charge in [0.2, 0.25) is 5.91 Å². The lowest BCUT2D eigenvalue weighted by molar-refractivity contribution is -0.124. The smallest absolute Gasteiger partial charge is 0.265 e. The zero-order valence-electron chi connectivity index (χ0n) is 15.3. The minimum Gasteiger partial charge on any atom is -0.482 e. The molecule has 0 aliphatic carbocycles. The molecule has 0 spiro atoms. The number of rotatable bonds is 5. The Balaban J connectivity index is 1.62. The summed E-state index contributed by atoms with van der Waals surface area (Å²) in [6, 6.07) is 26.6. The Bertz CT molecular complexity index is 973. The fraction of sp³-hybridized carbons (Fsp3) is 0.130. The van der Waals surface area contributed by atoms with Crippen molar-refractivity contribution in [2.75, 3.05) is 23.0 Å². The van der Waals surface area contributed by atoms with Gasteiger partial charge in [0.15, 0.2) is 6.61 Å². The molecule has 5 nitrogen and oxygen atoms in total. The molecule has 4 rings (SSSR count). The molecule has 3 aromatic carbocycles. The Morgan fingerprint density at radius 3 is 2.29 bits per heavy atom. The maximum absolute atomic E-state index is 13.3. The van der Waals surface area contributed by atoms with Crippen LogP contribution < -0.4 is 14.5 Å². The third-order valence-corrected chi connectivity index (χ3v) is 4.65. The predicted molar refractivity (Wildman–Crippen MR) is 108 cm³/mol. The van der Waals surface area contributed by atoms with Crippen molar-refractivity contribution in [1.29, 1.82) is 0 Å². The minimum absolute atomic E-state index is 0.0407. The predicted octanol–water partition coefficient (Wildman–Crippen LogP) is 3.65. The van der Waals surface area contributed by atoms with Gasteiger partial charge in [-0.15, -0.1) is 0 Å². The number of hydrogen-bond donors (Lipinski definition) is 0. The lowest BCUT2D eigenvalue weighted by atomic mass is 10.2. The van der Waals surface area contributed by atoms with Gasteiger partial charge in [0.1, 0.15) is 12.3 Å². The highest BCUT2D eigenvalue weighted by Crippen LogP contribution is 2.31. The van der Waals surface area contributed by atoms with Crippen molar-refractivity contribution >= 4 is 23.2 Å². The molecule has 2 amide bonds. The molecule has 0 atom stereocenters. The molecular weight excluding hydrogens is 352 g/mol. The van der Waals surface area contributed by atoms with E-state index in [0.29, 0.717) is 18.0 Å². The zero-order chi connectivity index (χ0) is 19.3. The average molecular weight is 372 g/mol. The summed E-state index contributed by atoms with van der Waals surface area (Å²) < 4.78 is 5.47. The van der Waals surface area contributed by atoms with Gasteiger partial charge in [-0.2, -0.15) is 0 Å². The third kappa shape index (κ3) is 3.74. The van der Waals surface area contributed by atoms with E-state index in [9.17, 15) is 9.59 Å². The van der Waals surface area contributed by atoms with E-state index in [1.54, 1.807) is 17.0 Å². The number of amides is 2. The Labute approximate surface area is 163 Å². The Hall–Kier alpha value is -3.60. The summed E-state index contributed by atoms with van der Waals surface area (Å²) in [5.74, 6) is 0.240. The SMILES string of the molecule is O=C(CN1C(=O)COc2ccccc21)N(Cc1ccccc1)c1ccccc1. The number of hydrogen-bond acceptors (Lipinski definition) is 3. The summed E-state index contributed by atoms with van der Waals surface area (Å²) in [5, 5.41) is 0. The summed E-state index contributed by atoms with van der Waals surface area (Å²) >= 11 is 0. The van der Waals surface area contributed by atoms with Crippen LogP contribution in [0.15, 0.2) is 84.9 Å². The second-order valence-electron chi connectivity index (χ2n) is 6.54. The maximum atomic E-state index is 13.3. The highest BCUT2D eigenvalue weighted by molar-refractivity contribution is 6.05. The van der Waals surface area contributed by atoms with Crippen LogP contribution in [0.4, 0.5) is 11.4 Å². The van der Waals surface area contributed by atoms with Crippen molar-refractivity contribution in [3.63, 3.8) is 0 Å². The molecular formula is C23H20N2O3. The fourth-order valence-electron chi connectivity index (χ4n) is 3.25. The number of carbonyl (C=O) groups excluding carboxylic acids is 2. The van der Waals surface area contributed by atoms with Gasteiger partial charge < -0.3 is 9.64 Å². The Morgan fingerprint density at radius 1 is 0.893 bits per heavy atom. The first-order valence-corrected chi connectivity index (χ1v) is 9.14. The number of carbonyl (C=O) groups is 2. The van der Waals surface area contributed by atoms with E-state index in [4.69, 9.17) is 4.74 Å². The number of nitrogens with zero attached hydrogens (tertiary/aromatic N) is 2. The standard InChI is InChI=1S/C23H20N2O3/c26-22(16-25-20-13-7-8-14-21(20)28-17-23(25)27)24(19-11-5-2-6-12-19)15-18-9-3-1-4-10-18/h1-14H,15-17H2. The van der Waals surface area contributed by atoms with Crippen LogP contribution in [0.25, 0.3) is 0 Å². The van der Waals surface area contributed by atoms with E-state index < -0.39 is 0 Å². The van der Waals surface area contributed by atoms with Crippen molar-refractivity contribution in [3.05, 3.63) is 90.5 Å². The van der Waals surface area contributed by atoms with E-state index in [0.717, 1.165) is 11.3 Å². The molecule has 0 radical (unpaired) electrons. The molecule has 0 fully saturated rings. The molecule has 0 saturated carbocycles. The molecule has 28 heavy (non-hydrogen) atoms. The number of ether oxygens (including phenoxy) is 1. The fourth-order valence-corrected chi connectivity index (χ4v) is 3.25. The molecule has 1 aliphatic rings. The Kier molecular flexibility index (Phi) is 5.06. The number of fused-ring (bicyclic) bond motifs is 1. The first-order chi connectivity index (χ1) is 13.7. The van der Waals surface area contributed by atoms with E-state index in [-0.39, 0.29) is 25.0 Å². The maximum Gasteiger partial charge on any atom is 0.265 e. The van der Waals surface area contributed by atoms with Crippen molar-refractivity contribution < 1.29 is 14.3 Å². The van der Waals surface area contributed by atoms with Crippen molar-refractivity contribution in [2.45, 2.75) is 6.54 Å². The van der Waals surface area contributed by atoms with E-state index >= 15 is 0 Å². The van der Waals surface area contributed by atoms with Gasteiger partial charge in [-0.1, -0.05) is 60.7 Å². The normalized spacial score (nSPS) is 12.9. The van der Waals surface area contributed by atoms with Crippen LogP contribution in [0.5, 0.6) is 5.75 Å². The van der Waals surface area contributed by atoms with E-state index in [1.807, 2.05) is 72.8 Å². The van der Waals surface area contributed by atoms with Gasteiger partial charge in [-0.3, -0.25) is 14.5 Å². The van der Waals surface area contributed by atoms with Crippen LogP contribution >= 0.6 is 0 Å².